The average Bonchev–Trinajstić information content (AvgIpc) is 3.39. The van der Waals surface area contributed by atoms with E-state index in [1.165, 1.54) is 0 Å². The van der Waals surface area contributed by atoms with Crippen molar-refractivity contribution in [1.82, 2.24) is 4.57 Å². The van der Waals surface area contributed by atoms with Crippen LogP contribution in [0.1, 0.15) is 27.0 Å². The summed E-state index contributed by atoms with van der Waals surface area (Å²) in [6, 6.07) is 18.6. The van der Waals surface area contributed by atoms with E-state index in [1.54, 1.807) is 32.2 Å². The van der Waals surface area contributed by atoms with Crippen LogP contribution in [0.4, 0.5) is 0 Å². The van der Waals surface area contributed by atoms with Crippen LogP contribution < -0.4 is 14.2 Å². The van der Waals surface area contributed by atoms with Crippen molar-refractivity contribution in [1.29, 1.82) is 0 Å². The number of ether oxygens (including phenoxy) is 4. The van der Waals surface area contributed by atoms with Gasteiger partial charge in [-0.2, -0.15) is 0 Å². The SMILES string of the molecule is COc1ccc2c(c1)c(/C=C1\Oc3c(ccc(OCC(=O)OCc4ccccc4)c3C)C1=O)cn2C. The lowest BCUT2D eigenvalue weighted by atomic mass is 10.1. The van der Waals surface area contributed by atoms with Crippen LogP contribution in [0.25, 0.3) is 17.0 Å². The first-order valence-corrected chi connectivity index (χ1v) is 11.5. The number of ketones is 1. The van der Waals surface area contributed by atoms with Gasteiger partial charge in [-0.25, -0.2) is 4.79 Å². The van der Waals surface area contributed by atoms with Gasteiger partial charge in [-0.15, -0.1) is 0 Å². The third kappa shape index (κ3) is 4.43. The molecule has 7 heteroatoms. The third-order valence-electron chi connectivity index (χ3n) is 6.14. The van der Waals surface area contributed by atoms with Crippen LogP contribution in [0.2, 0.25) is 0 Å². The molecule has 0 spiro atoms. The van der Waals surface area contributed by atoms with E-state index >= 15 is 0 Å². The lowest BCUT2D eigenvalue weighted by Crippen LogP contribution is -2.15. The molecule has 36 heavy (non-hydrogen) atoms. The van der Waals surface area contributed by atoms with Crippen molar-refractivity contribution in [3.63, 3.8) is 0 Å². The lowest BCUT2D eigenvalue weighted by Gasteiger charge is -2.11. The molecule has 1 aliphatic heterocycles. The van der Waals surface area contributed by atoms with Crippen LogP contribution >= 0.6 is 0 Å². The van der Waals surface area contributed by atoms with Crippen LogP contribution in [0, 0.1) is 6.92 Å². The molecule has 1 aliphatic rings. The summed E-state index contributed by atoms with van der Waals surface area (Å²) in [4.78, 5) is 25.2. The van der Waals surface area contributed by atoms with Crippen molar-refractivity contribution >= 4 is 28.7 Å². The molecule has 0 radical (unpaired) electrons. The molecular formula is C29H25NO6. The molecule has 7 nitrogen and oxygen atoms in total. The fraction of sp³-hybridized carbons (Fsp3) is 0.172. The highest BCUT2D eigenvalue weighted by molar-refractivity contribution is 6.15. The molecule has 0 aliphatic carbocycles. The summed E-state index contributed by atoms with van der Waals surface area (Å²) in [5.74, 6) is 1.15. The van der Waals surface area contributed by atoms with Gasteiger partial charge < -0.3 is 23.5 Å². The van der Waals surface area contributed by atoms with E-state index in [0.717, 1.165) is 27.8 Å². The van der Waals surface area contributed by atoms with Gasteiger partial charge in [-0.3, -0.25) is 4.79 Å². The van der Waals surface area contributed by atoms with E-state index in [1.807, 2.05) is 66.3 Å². The Morgan fingerprint density at radius 3 is 2.67 bits per heavy atom. The minimum absolute atomic E-state index is 0.179. The first-order chi connectivity index (χ1) is 17.4. The fourth-order valence-electron chi connectivity index (χ4n) is 4.23. The number of benzene rings is 3. The molecule has 182 valence electrons. The van der Waals surface area contributed by atoms with Gasteiger partial charge in [0.2, 0.25) is 5.78 Å². The highest BCUT2D eigenvalue weighted by Crippen LogP contribution is 2.40. The van der Waals surface area contributed by atoms with Crippen molar-refractivity contribution in [3.8, 4) is 17.2 Å². The summed E-state index contributed by atoms with van der Waals surface area (Å²) in [6.07, 6.45) is 3.68. The predicted octanol–water partition coefficient (Wildman–Crippen LogP) is 5.23. The number of allylic oxidation sites excluding steroid dienone is 1. The number of carbonyl (C=O) groups excluding carboxylic acids is 2. The molecule has 0 saturated heterocycles. The molecule has 0 bridgehead atoms. The van der Waals surface area contributed by atoms with Crippen LogP contribution in [0.3, 0.4) is 0 Å². The van der Waals surface area contributed by atoms with Crippen molar-refractivity contribution in [2.75, 3.05) is 13.7 Å². The molecule has 3 aromatic carbocycles. The predicted molar refractivity (Wildman–Crippen MR) is 135 cm³/mol. The van der Waals surface area contributed by atoms with Gasteiger partial charge in [0.1, 0.15) is 23.9 Å². The Morgan fingerprint density at radius 2 is 1.89 bits per heavy atom. The largest absolute Gasteiger partial charge is 0.497 e. The molecule has 0 atom stereocenters. The summed E-state index contributed by atoms with van der Waals surface area (Å²) in [6.45, 7) is 1.72. The van der Waals surface area contributed by atoms with Gasteiger partial charge >= 0.3 is 5.97 Å². The Labute approximate surface area is 208 Å². The standard InChI is InChI=1S/C29H25NO6/c1-18-25(34-17-27(31)35-16-19-7-5-4-6-8-19)12-10-22-28(32)26(36-29(18)22)13-20-15-30(2)24-11-9-21(33-3)14-23(20)24/h4-15H,16-17H2,1-3H3/b26-13-. The molecule has 1 aromatic heterocycles. The molecule has 0 fully saturated rings. The van der Waals surface area contributed by atoms with Crippen LogP contribution in [0.15, 0.2) is 72.6 Å². The Bertz CT molecular complexity index is 1500. The number of methoxy groups -OCH3 is 1. The Kier molecular flexibility index (Phi) is 6.21. The maximum Gasteiger partial charge on any atom is 0.344 e. The molecule has 0 amide bonds. The molecule has 4 aromatic rings. The normalized spacial score (nSPS) is 13.5. The summed E-state index contributed by atoms with van der Waals surface area (Å²) in [7, 11) is 3.56. The molecule has 0 saturated carbocycles. The van der Waals surface area contributed by atoms with E-state index in [0.29, 0.717) is 22.6 Å². The minimum Gasteiger partial charge on any atom is -0.497 e. The van der Waals surface area contributed by atoms with E-state index in [9.17, 15) is 9.59 Å². The van der Waals surface area contributed by atoms with E-state index in [2.05, 4.69) is 0 Å². The maximum absolute atomic E-state index is 13.1. The van der Waals surface area contributed by atoms with Gasteiger partial charge in [0.15, 0.2) is 12.4 Å². The number of aromatic nitrogens is 1. The summed E-state index contributed by atoms with van der Waals surface area (Å²) < 4.78 is 24.3. The van der Waals surface area contributed by atoms with Gasteiger partial charge in [0, 0.05) is 35.3 Å². The van der Waals surface area contributed by atoms with E-state index in [-0.39, 0.29) is 24.8 Å². The van der Waals surface area contributed by atoms with Crippen molar-refractivity contribution in [2.45, 2.75) is 13.5 Å². The first-order valence-electron chi connectivity index (χ1n) is 11.5. The van der Waals surface area contributed by atoms with Gasteiger partial charge in [-0.1, -0.05) is 30.3 Å². The van der Waals surface area contributed by atoms with Crippen LogP contribution in [-0.4, -0.2) is 30.0 Å². The van der Waals surface area contributed by atoms with Crippen molar-refractivity contribution < 1.29 is 28.5 Å². The fourth-order valence-corrected chi connectivity index (χ4v) is 4.23. The second kappa shape index (κ2) is 9.62. The molecule has 5 rings (SSSR count). The highest BCUT2D eigenvalue weighted by Gasteiger charge is 2.30. The number of aryl methyl sites for hydroxylation is 1. The monoisotopic (exact) mass is 483 g/mol. The number of hydrogen-bond donors (Lipinski definition) is 0. The highest BCUT2D eigenvalue weighted by atomic mass is 16.6. The van der Waals surface area contributed by atoms with Gasteiger partial charge in [0.25, 0.3) is 0 Å². The second-order valence-corrected chi connectivity index (χ2v) is 8.52. The zero-order valence-electron chi connectivity index (χ0n) is 20.2. The van der Waals surface area contributed by atoms with Crippen LogP contribution in [0.5, 0.6) is 17.2 Å². The van der Waals surface area contributed by atoms with E-state index < -0.39 is 5.97 Å². The number of esters is 1. The maximum atomic E-state index is 13.1. The number of hydrogen-bond acceptors (Lipinski definition) is 6. The topological polar surface area (TPSA) is 76.0 Å². The Hall–Kier alpha value is -4.52. The number of Topliss-reactive ketones (excluding diaryl/α,β-unsaturated/α-hetero) is 1. The lowest BCUT2D eigenvalue weighted by molar-refractivity contribution is -0.147. The Balaban J connectivity index is 1.32. The molecule has 0 N–H and O–H groups in total. The first kappa shape index (κ1) is 23.2. The number of fused-ring (bicyclic) bond motifs is 2. The zero-order chi connectivity index (χ0) is 25.2. The van der Waals surface area contributed by atoms with Gasteiger partial charge in [-0.05, 0) is 48.9 Å². The average molecular weight is 484 g/mol. The van der Waals surface area contributed by atoms with Crippen LogP contribution in [-0.2, 0) is 23.2 Å². The van der Waals surface area contributed by atoms with E-state index in [4.69, 9.17) is 18.9 Å². The number of carbonyl (C=O) groups is 2. The zero-order valence-corrected chi connectivity index (χ0v) is 20.2. The van der Waals surface area contributed by atoms with Crippen molar-refractivity contribution in [2.24, 2.45) is 7.05 Å². The van der Waals surface area contributed by atoms with Gasteiger partial charge in [0.05, 0.1) is 12.7 Å². The third-order valence-corrected chi connectivity index (χ3v) is 6.14. The summed E-state index contributed by atoms with van der Waals surface area (Å²) in [5.41, 5.74) is 3.85. The molecule has 2 heterocycles. The molecular weight excluding hydrogens is 458 g/mol. The number of rotatable bonds is 7. The smallest absolute Gasteiger partial charge is 0.344 e. The summed E-state index contributed by atoms with van der Waals surface area (Å²) in [5, 5.41) is 0.950. The van der Waals surface area contributed by atoms with Crippen molar-refractivity contribution in [3.05, 3.63) is 94.9 Å². The summed E-state index contributed by atoms with van der Waals surface area (Å²) >= 11 is 0. The molecule has 0 unspecified atom stereocenters. The second-order valence-electron chi connectivity index (χ2n) is 8.52. The number of nitrogens with zero attached hydrogens (tertiary/aromatic N) is 1. The Morgan fingerprint density at radius 1 is 1.08 bits per heavy atom. The quantitative estimate of drug-likeness (QED) is 0.265. The minimum atomic E-state index is -0.484.